The van der Waals surface area contributed by atoms with Gasteiger partial charge in [-0.2, -0.15) is 0 Å². The molecule has 0 fully saturated rings. The predicted octanol–water partition coefficient (Wildman–Crippen LogP) is 4.20. The van der Waals surface area contributed by atoms with Gasteiger partial charge in [0.2, 0.25) is 0 Å². The summed E-state index contributed by atoms with van der Waals surface area (Å²) in [4.78, 5) is 26.9. The number of benzene rings is 2. The van der Waals surface area contributed by atoms with Crippen LogP contribution in [0.25, 0.3) is 0 Å². The summed E-state index contributed by atoms with van der Waals surface area (Å²) in [6, 6.07) is 6.71. The lowest BCUT2D eigenvalue weighted by Crippen LogP contribution is -2.40. The number of nitrogens with one attached hydrogen (secondary N) is 2. The summed E-state index contributed by atoms with van der Waals surface area (Å²) >= 11 is 0. The van der Waals surface area contributed by atoms with E-state index in [0.717, 1.165) is 12.1 Å². The summed E-state index contributed by atoms with van der Waals surface area (Å²) in [7, 11) is 0. The Labute approximate surface area is 166 Å². The highest BCUT2D eigenvalue weighted by atomic mass is 19.1. The van der Waals surface area contributed by atoms with E-state index in [1.165, 1.54) is 17.0 Å². The zero-order valence-electron chi connectivity index (χ0n) is 16.1. The molecular weight excluding hydrogens is 384 g/mol. The second-order valence-corrected chi connectivity index (χ2v) is 7.62. The summed E-state index contributed by atoms with van der Waals surface area (Å²) < 4.78 is 33.4. The van der Waals surface area contributed by atoms with Crippen molar-refractivity contribution in [3.63, 3.8) is 0 Å². The van der Waals surface area contributed by atoms with E-state index in [-0.39, 0.29) is 6.54 Å². The van der Waals surface area contributed by atoms with Gasteiger partial charge in [-0.1, -0.05) is 12.1 Å². The van der Waals surface area contributed by atoms with Gasteiger partial charge in [0.15, 0.2) is 0 Å². The van der Waals surface area contributed by atoms with Crippen LogP contribution in [0.4, 0.5) is 25.0 Å². The van der Waals surface area contributed by atoms with Crippen LogP contribution in [0.2, 0.25) is 0 Å². The molecule has 3 rings (SSSR count). The van der Waals surface area contributed by atoms with Crippen molar-refractivity contribution >= 4 is 23.4 Å². The van der Waals surface area contributed by atoms with Gasteiger partial charge in [0.25, 0.3) is 5.91 Å². The van der Waals surface area contributed by atoms with E-state index in [0.29, 0.717) is 16.8 Å². The van der Waals surface area contributed by atoms with Gasteiger partial charge < -0.3 is 10.1 Å². The Balaban J connectivity index is 1.98. The van der Waals surface area contributed by atoms with Crippen molar-refractivity contribution in [2.24, 2.45) is 0 Å². The monoisotopic (exact) mass is 405 g/mol. The molecule has 0 bridgehead atoms. The molecule has 1 aliphatic heterocycles. The van der Waals surface area contributed by atoms with Crippen LogP contribution >= 0.6 is 0 Å². The van der Waals surface area contributed by atoms with Gasteiger partial charge in [0, 0.05) is 0 Å². The van der Waals surface area contributed by atoms with Crippen molar-refractivity contribution in [1.29, 1.82) is 0 Å². The molecule has 0 aliphatic carbocycles. The Bertz CT molecular complexity index is 939. The number of halogens is 2. The third kappa shape index (κ3) is 4.29. The first-order chi connectivity index (χ1) is 13.6. The van der Waals surface area contributed by atoms with Crippen molar-refractivity contribution in [3.8, 4) is 0 Å². The smallest absolute Gasteiger partial charge is 0.411 e. The van der Waals surface area contributed by atoms with E-state index < -0.39 is 41.0 Å². The lowest BCUT2D eigenvalue weighted by atomic mass is 10.0. The summed E-state index contributed by atoms with van der Waals surface area (Å²) in [6.07, 6.45) is -0.749. The first-order valence-corrected chi connectivity index (χ1v) is 8.88. The Hall–Kier alpha value is -3.20. The fraction of sp³-hybridized carbons (Fsp3) is 0.300. The molecule has 29 heavy (non-hydrogen) atoms. The highest BCUT2D eigenvalue weighted by Crippen LogP contribution is 2.37. The van der Waals surface area contributed by atoms with Gasteiger partial charge in [-0.15, -0.1) is 0 Å². The number of rotatable bonds is 3. The number of ether oxygens (including phenoxy) is 1. The molecular formula is C20H21F2N3O4. The van der Waals surface area contributed by atoms with Crippen LogP contribution in [0, 0.1) is 11.6 Å². The average Bonchev–Trinajstić information content (AvgIpc) is 3.02. The van der Waals surface area contributed by atoms with E-state index in [1.54, 1.807) is 32.9 Å². The molecule has 0 unspecified atom stereocenters. The van der Waals surface area contributed by atoms with Crippen LogP contribution < -0.4 is 10.8 Å². The van der Waals surface area contributed by atoms with Gasteiger partial charge in [-0.3, -0.25) is 20.4 Å². The fourth-order valence-electron chi connectivity index (χ4n) is 3.09. The van der Waals surface area contributed by atoms with E-state index >= 15 is 0 Å². The lowest BCUT2D eigenvalue weighted by molar-refractivity contribution is -0.121. The summed E-state index contributed by atoms with van der Waals surface area (Å²) in [5.74, 6) is -2.69. The number of para-hydroxylation sites is 1. The van der Waals surface area contributed by atoms with Gasteiger partial charge in [-0.25, -0.2) is 13.6 Å². The highest BCUT2D eigenvalue weighted by molar-refractivity contribution is 5.98. The Morgan fingerprint density at radius 2 is 1.83 bits per heavy atom. The van der Waals surface area contributed by atoms with Crippen LogP contribution in [0.15, 0.2) is 36.4 Å². The van der Waals surface area contributed by atoms with Crippen LogP contribution in [-0.2, 0) is 16.1 Å². The van der Waals surface area contributed by atoms with Crippen molar-refractivity contribution in [3.05, 3.63) is 59.2 Å². The summed E-state index contributed by atoms with van der Waals surface area (Å²) in [6.45, 7) is 5.12. The maximum absolute atomic E-state index is 14.0. The minimum Gasteiger partial charge on any atom is -0.444 e. The van der Waals surface area contributed by atoms with Gasteiger partial charge >= 0.3 is 6.09 Å². The minimum absolute atomic E-state index is 0.0633. The topological polar surface area (TPSA) is 90.9 Å². The lowest BCUT2D eigenvalue weighted by Gasteiger charge is -2.28. The molecule has 1 atom stereocenters. The number of carbonyl (C=O) groups excluding carboxylic acids is 2. The first-order valence-electron chi connectivity index (χ1n) is 8.88. The number of amides is 2. The molecule has 0 saturated heterocycles. The van der Waals surface area contributed by atoms with Crippen molar-refractivity contribution in [2.75, 3.05) is 10.8 Å². The third-order valence-corrected chi connectivity index (χ3v) is 4.31. The first kappa shape index (κ1) is 20.5. The SMILES string of the molecule is CC(C)(C)OC(=O)N1Cc2ccc(NO)cc2[C@H]1C(=O)Nc1c(F)cccc1F. The molecule has 3 N–H and O–H groups in total. The maximum atomic E-state index is 14.0. The number of nitrogens with zero attached hydrogens (tertiary/aromatic N) is 1. The van der Waals surface area contributed by atoms with Gasteiger partial charge in [0.1, 0.15) is 29.0 Å². The Kier molecular flexibility index (Phi) is 5.43. The van der Waals surface area contributed by atoms with Crippen LogP contribution in [0.3, 0.4) is 0 Å². The predicted molar refractivity (Wildman–Crippen MR) is 101 cm³/mol. The maximum Gasteiger partial charge on any atom is 0.411 e. The largest absolute Gasteiger partial charge is 0.444 e. The zero-order valence-corrected chi connectivity index (χ0v) is 16.1. The van der Waals surface area contributed by atoms with Crippen LogP contribution in [-0.4, -0.2) is 27.7 Å². The second-order valence-electron chi connectivity index (χ2n) is 7.62. The number of carbonyl (C=O) groups is 2. The minimum atomic E-state index is -1.20. The average molecular weight is 405 g/mol. The molecule has 1 heterocycles. The van der Waals surface area contributed by atoms with Crippen molar-refractivity contribution in [2.45, 2.75) is 39.0 Å². The molecule has 0 radical (unpaired) electrons. The van der Waals surface area contributed by atoms with Gasteiger partial charge in [0.05, 0.1) is 12.2 Å². The van der Waals surface area contributed by atoms with Crippen molar-refractivity contribution in [1.82, 2.24) is 4.90 Å². The van der Waals surface area contributed by atoms with E-state index in [1.807, 2.05) is 5.48 Å². The second kappa shape index (κ2) is 7.67. The molecule has 9 heteroatoms. The van der Waals surface area contributed by atoms with Gasteiger partial charge in [-0.05, 0) is 56.2 Å². The molecule has 2 aromatic rings. The van der Waals surface area contributed by atoms with E-state index in [9.17, 15) is 23.6 Å². The normalized spacial score (nSPS) is 15.7. The molecule has 7 nitrogen and oxygen atoms in total. The van der Waals surface area contributed by atoms with Crippen molar-refractivity contribution < 1.29 is 28.3 Å². The molecule has 0 saturated carbocycles. The molecule has 2 amide bonds. The van der Waals surface area contributed by atoms with Crippen LogP contribution in [0.5, 0.6) is 0 Å². The third-order valence-electron chi connectivity index (χ3n) is 4.31. The Morgan fingerprint density at radius 1 is 1.17 bits per heavy atom. The molecule has 2 aromatic carbocycles. The van der Waals surface area contributed by atoms with E-state index in [4.69, 9.17) is 4.74 Å². The molecule has 0 aromatic heterocycles. The molecule has 0 spiro atoms. The van der Waals surface area contributed by atoms with E-state index in [2.05, 4.69) is 5.32 Å². The molecule has 1 aliphatic rings. The fourth-order valence-corrected chi connectivity index (χ4v) is 3.09. The van der Waals surface area contributed by atoms with Crippen LogP contribution in [0.1, 0.15) is 37.9 Å². The number of hydrogen-bond donors (Lipinski definition) is 3. The number of anilines is 2. The number of fused-ring (bicyclic) bond motifs is 1. The number of hydrogen-bond acceptors (Lipinski definition) is 5. The summed E-state index contributed by atoms with van der Waals surface area (Å²) in [5.41, 5.74) is 1.92. The highest BCUT2D eigenvalue weighted by Gasteiger charge is 2.41. The standard InChI is InChI=1S/C20H21F2N3O4/c1-20(2,3)29-19(27)25-10-11-7-8-12(24-28)9-13(11)17(25)18(26)23-16-14(21)5-4-6-15(16)22/h4-9,17,24,28H,10H2,1-3H3,(H,23,26)/t17-/m0/s1. The Morgan fingerprint density at radius 3 is 2.41 bits per heavy atom. The zero-order chi connectivity index (χ0) is 21.3. The quantitative estimate of drug-likeness (QED) is 0.666. The summed E-state index contributed by atoms with van der Waals surface area (Å²) in [5, 5.41) is 11.4. The molecule has 154 valence electrons.